The summed E-state index contributed by atoms with van der Waals surface area (Å²) in [5.41, 5.74) is 2.82. The van der Waals surface area contributed by atoms with Gasteiger partial charge < -0.3 is 10.2 Å². The Hall–Kier alpha value is -0.860. The number of nitrogens with one attached hydrogen (secondary N) is 1. The van der Waals surface area contributed by atoms with Crippen LogP contribution in [0.3, 0.4) is 0 Å². The van der Waals surface area contributed by atoms with Crippen LogP contribution in [0.4, 0.5) is 0 Å². The molecule has 0 amide bonds. The van der Waals surface area contributed by atoms with Gasteiger partial charge in [-0.1, -0.05) is 24.3 Å². The summed E-state index contributed by atoms with van der Waals surface area (Å²) in [6, 6.07) is 9.57. The standard InChI is InChI=1S/C12H18N2/c1-14(2)9-10-3-5-11(6-4-10)12-7-8-13-12/h3-6,12-13H,7-9H2,1-2H3/t12-/m1/s1. The van der Waals surface area contributed by atoms with Crippen LogP contribution in [0, 0.1) is 0 Å². The molecule has 1 atom stereocenters. The first kappa shape index (κ1) is 9.69. The Bertz CT molecular complexity index is 286. The lowest BCUT2D eigenvalue weighted by atomic mass is 9.97. The smallest absolute Gasteiger partial charge is 0.0332 e. The second-order valence-corrected chi connectivity index (χ2v) is 4.27. The van der Waals surface area contributed by atoms with E-state index < -0.39 is 0 Å². The summed E-state index contributed by atoms with van der Waals surface area (Å²) < 4.78 is 0. The van der Waals surface area contributed by atoms with Crippen molar-refractivity contribution in [2.24, 2.45) is 0 Å². The fourth-order valence-corrected chi connectivity index (χ4v) is 1.79. The third kappa shape index (κ3) is 2.14. The summed E-state index contributed by atoms with van der Waals surface area (Å²) in [6.07, 6.45) is 1.28. The third-order valence-electron chi connectivity index (χ3n) is 2.70. The molecule has 0 aromatic heterocycles. The molecule has 2 rings (SSSR count). The van der Waals surface area contributed by atoms with E-state index in [1.165, 1.54) is 24.1 Å². The maximum absolute atomic E-state index is 3.41. The topological polar surface area (TPSA) is 15.3 Å². The molecular formula is C12H18N2. The summed E-state index contributed by atoms with van der Waals surface area (Å²) in [4.78, 5) is 2.19. The molecule has 76 valence electrons. The van der Waals surface area contributed by atoms with Gasteiger partial charge in [-0.2, -0.15) is 0 Å². The predicted octanol–water partition coefficient (Wildman–Crippen LogP) is 1.78. The van der Waals surface area contributed by atoms with Crippen LogP contribution in [0.15, 0.2) is 24.3 Å². The first-order valence-corrected chi connectivity index (χ1v) is 5.22. The Balaban J connectivity index is 2.02. The van der Waals surface area contributed by atoms with Gasteiger partial charge in [0.2, 0.25) is 0 Å². The van der Waals surface area contributed by atoms with Gasteiger partial charge in [-0.3, -0.25) is 0 Å². The van der Waals surface area contributed by atoms with Crippen molar-refractivity contribution in [3.63, 3.8) is 0 Å². The first-order valence-electron chi connectivity index (χ1n) is 5.22. The van der Waals surface area contributed by atoms with Crippen LogP contribution < -0.4 is 5.32 Å². The van der Waals surface area contributed by atoms with Gasteiger partial charge in [0.25, 0.3) is 0 Å². The molecule has 1 N–H and O–H groups in total. The minimum Gasteiger partial charge on any atom is -0.310 e. The number of hydrogen-bond donors (Lipinski definition) is 1. The van der Waals surface area contributed by atoms with Crippen molar-refractivity contribution < 1.29 is 0 Å². The summed E-state index contributed by atoms with van der Waals surface area (Å²) in [7, 11) is 4.20. The van der Waals surface area contributed by atoms with Crippen molar-refractivity contribution in [1.29, 1.82) is 0 Å². The van der Waals surface area contributed by atoms with E-state index in [2.05, 4.69) is 48.6 Å². The lowest BCUT2D eigenvalue weighted by Crippen LogP contribution is -2.34. The van der Waals surface area contributed by atoms with Crippen LogP contribution in [0.2, 0.25) is 0 Å². The minimum atomic E-state index is 0.614. The van der Waals surface area contributed by atoms with E-state index >= 15 is 0 Å². The van der Waals surface area contributed by atoms with Crippen molar-refractivity contribution in [2.75, 3.05) is 20.6 Å². The maximum atomic E-state index is 3.41. The van der Waals surface area contributed by atoms with Gasteiger partial charge in [-0.15, -0.1) is 0 Å². The van der Waals surface area contributed by atoms with E-state index in [0.29, 0.717) is 6.04 Å². The van der Waals surface area contributed by atoms with Crippen LogP contribution in [-0.4, -0.2) is 25.5 Å². The van der Waals surface area contributed by atoms with E-state index in [0.717, 1.165) is 6.54 Å². The highest BCUT2D eigenvalue weighted by molar-refractivity contribution is 5.26. The Kier molecular flexibility index (Phi) is 2.85. The zero-order valence-corrected chi connectivity index (χ0v) is 8.96. The zero-order chi connectivity index (χ0) is 9.97. The van der Waals surface area contributed by atoms with E-state index in [9.17, 15) is 0 Å². The van der Waals surface area contributed by atoms with Gasteiger partial charge in [0, 0.05) is 12.6 Å². The van der Waals surface area contributed by atoms with Gasteiger partial charge in [0.1, 0.15) is 0 Å². The molecular weight excluding hydrogens is 172 g/mol. The minimum absolute atomic E-state index is 0.614. The van der Waals surface area contributed by atoms with Crippen molar-refractivity contribution in [2.45, 2.75) is 19.0 Å². The average Bonchev–Trinajstić information content (AvgIpc) is 2.04. The molecule has 0 aliphatic carbocycles. The Morgan fingerprint density at radius 3 is 2.36 bits per heavy atom. The number of benzene rings is 1. The van der Waals surface area contributed by atoms with Crippen molar-refractivity contribution in [1.82, 2.24) is 10.2 Å². The highest BCUT2D eigenvalue weighted by Crippen LogP contribution is 2.22. The monoisotopic (exact) mass is 190 g/mol. The first-order chi connectivity index (χ1) is 6.75. The average molecular weight is 190 g/mol. The number of hydrogen-bond acceptors (Lipinski definition) is 2. The highest BCUT2D eigenvalue weighted by atomic mass is 15.0. The molecule has 0 unspecified atom stereocenters. The summed E-state index contributed by atoms with van der Waals surface area (Å²) in [5, 5.41) is 3.41. The molecule has 2 heteroatoms. The molecule has 14 heavy (non-hydrogen) atoms. The molecule has 1 aromatic carbocycles. The molecule has 2 nitrogen and oxygen atoms in total. The fourth-order valence-electron chi connectivity index (χ4n) is 1.79. The van der Waals surface area contributed by atoms with E-state index in [1.807, 2.05) is 0 Å². The van der Waals surface area contributed by atoms with Crippen LogP contribution >= 0.6 is 0 Å². The van der Waals surface area contributed by atoms with Crippen molar-refractivity contribution in [3.8, 4) is 0 Å². The quantitative estimate of drug-likeness (QED) is 0.781. The SMILES string of the molecule is CN(C)Cc1ccc([C@H]2CCN2)cc1. The zero-order valence-electron chi connectivity index (χ0n) is 8.96. The lowest BCUT2D eigenvalue weighted by molar-refractivity contribution is 0.382. The molecule has 1 aliphatic rings. The second-order valence-electron chi connectivity index (χ2n) is 4.27. The molecule has 0 bridgehead atoms. The molecule has 1 saturated heterocycles. The number of rotatable bonds is 3. The maximum Gasteiger partial charge on any atom is 0.0332 e. The van der Waals surface area contributed by atoms with Crippen molar-refractivity contribution in [3.05, 3.63) is 35.4 Å². The molecule has 0 radical (unpaired) electrons. The van der Waals surface area contributed by atoms with E-state index in [-0.39, 0.29) is 0 Å². The molecule has 1 aromatic rings. The number of nitrogens with zero attached hydrogens (tertiary/aromatic N) is 1. The Labute approximate surface area is 85.9 Å². The third-order valence-corrected chi connectivity index (χ3v) is 2.70. The molecule has 1 heterocycles. The van der Waals surface area contributed by atoms with E-state index in [4.69, 9.17) is 0 Å². The highest BCUT2D eigenvalue weighted by Gasteiger charge is 2.17. The van der Waals surface area contributed by atoms with Crippen LogP contribution in [-0.2, 0) is 6.54 Å². The van der Waals surface area contributed by atoms with E-state index in [1.54, 1.807) is 0 Å². The lowest BCUT2D eigenvalue weighted by Gasteiger charge is -2.28. The Morgan fingerprint density at radius 2 is 1.93 bits per heavy atom. The molecule has 1 fully saturated rings. The largest absolute Gasteiger partial charge is 0.310 e. The molecule has 0 spiro atoms. The predicted molar refractivity (Wildman–Crippen MR) is 59.2 cm³/mol. The summed E-state index contributed by atoms with van der Waals surface area (Å²) in [5.74, 6) is 0. The van der Waals surface area contributed by atoms with Crippen LogP contribution in [0.1, 0.15) is 23.6 Å². The molecule has 1 aliphatic heterocycles. The van der Waals surface area contributed by atoms with Gasteiger partial charge in [-0.05, 0) is 38.2 Å². The Morgan fingerprint density at radius 1 is 1.29 bits per heavy atom. The van der Waals surface area contributed by atoms with Gasteiger partial charge in [0.15, 0.2) is 0 Å². The van der Waals surface area contributed by atoms with Crippen LogP contribution in [0.5, 0.6) is 0 Å². The van der Waals surface area contributed by atoms with Crippen molar-refractivity contribution >= 4 is 0 Å². The van der Waals surface area contributed by atoms with Gasteiger partial charge >= 0.3 is 0 Å². The van der Waals surface area contributed by atoms with Crippen LogP contribution in [0.25, 0.3) is 0 Å². The van der Waals surface area contributed by atoms with Gasteiger partial charge in [0.05, 0.1) is 0 Å². The van der Waals surface area contributed by atoms with Gasteiger partial charge in [-0.25, -0.2) is 0 Å². The fraction of sp³-hybridized carbons (Fsp3) is 0.500. The normalized spacial score (nSPS) is 20.9. The second kappa shape index (κ2) is 4.11. The summed E-state index contributed by atoms with van der Waals surface area (Å²) >= 11 is 0. The summed E-state index contributed by atoms with van der Waals surface area (Å²) in [6.45, 7) is 2.20. The molecule has 0 saturated carbocycles.